The van der Waals surface area contributed by atoms with E-state index in [2.05, 4.69) is 52.8 Å². The number of nitrogens with one attached hydrogen (secondary N) is 1. The van der Waals surface area contributed by atoms with Gasteiger partial charge in [0.2, 0.25) is 6.79 Å². The van der Waals surface area contributed by atoms with Gasteiger partial charge in [-0.2, -0.15) is 0 Å². The summed E-state index contributed by atoms with van der Waals surface area (Å²) in [6.45, 7) is 8.02. The van der Waals surface area contributed by atoms with Gasteiger partial charge in [-0.15, -0.1) is 0 Å². The summed E-state index contributed by atoms with van der Waals surface area (Å²) in [5.41, 5.74) is 5.44. The molecule has 0 saturated carbocycles. The molecule has 1 aliphatic rings. The normalized spacial score (nSPS) is 12.2. The van der Waals surface area contributed by atoms with Crippen molar-refractivity contribution in [2.24, 2.45) is 0 Å². The first-order valence-corrected chi connectivity index (χ1v) is 13.7. The molecule has 1 aromatic heterocycles. The molecule has 4 aromatic rings. The maximum Gasteiger partial charge on any atom is 0.231 e. The molecule has 0 unspecified atom stereocenters. The van der Waals surface area contributed by atoms with Crippen LogP contribution in [0.2, 0.25) is 0 Å². The van der Waals surface area contributed by atoms with Crippen molar-refractivity contribution in [3.63, 3.8) is 0 Å². The van der Waals surface area contributed by atoms with E-state index in [0.717, 1.165) is 65.7 Å². The Kier molecular flexibility index (Phi) is 8.58. The number of rotatable bonds is 13. The summed E-state index contributed by atoms with van der Waals surface area (Å²) in [4.78, 5) is 7.36. The van der Waals surface area contributed by atoms with Crippen LogP contribution < -0.4 is 14.2 Å². The average Bonchev–Trinajstić information content (AvgIpc) is 3.57. The number of hydrogen-bond acceptors (Lipinski definition) is 6. The summed E-state index contributed by atoms with van der Waals surface area (Å²) >= 11 is 0. The van der Waals surface area contributed by atoms with Crippen molar-refractivity contribution in [1.29, 1.82) is 5.41 Å². The first-order valence-electron chi connectivity index (χ1n) is 13.7. The third-order valence-corrected chi connectivity index (χ3v) is 6.85. The maximum absolute atomic E-state index is 8.11. The number of imidazole rings is 1. The lowest BCUT2D eigenvalue weighted by atomic mass is 10.1. The zero-order valence-electron chi connectivity index (χ0n) is 22.7. The molecule has 1 N–H and O–H groups in total. The Balaban J connectivity index is 1.53. The quantitative estimate of drug-likeness (QED) is 0.198. The van der Waals surface area contributed by atoms with E-state index in [4.69, 9.17) is 24.6 Å². The number of ether oxygens (including phenoxy) is 3. The molecule has 202 valence electrons. The number of unbranched alkanes of at least 4 members (excludes halogenated alkanes) is 1. The molecule has 0 saturated heterocycles. The fourth-order valence-electron chi connectivity index (χ4n) is 5.00. The van der Waals surface area contributed by atoms with Crippen molar-refractivity contribution in [2.75, 3.05) is 13.4 Å². The lowest BCUT2D eigenvalue weighted by molar-refractivity contribution is 0.174. The lowest BCUT2D eigenvalue weighted by Gasteiger charge is -2.25. The highest BCUT2D eigenvalue weighted by atomic mass is 16.7. The number of benzene rings is 3. The van der Waals surface area contributed by atoms with E-state index in [1.807, 2.05) is 43.3 Å². The molecule has 0 bridgehead atoms. The number of fused-ring (bicyclic) bond motifs is 1. The van der Waals surface area contributed by atoms with E-state index >= 15 is 0 Å². The Morgan fingerprint density at radius 2 is 1.72 bits per heavy atom. The van der Waals surface area contributed by atoms with Gasteiger partial charge in [-0.25, -0.2) is 4.98 Å². The Morgan fingerprint density at radius 3 is 2.49 bits per heavy atom. The summed E-state index contributed by atoms with van der Waals surface area (Å²) in [5, 5.41) is 8.11. The fourth-order valence-corrected chi connectivity index (χ4v) is 5.00. The van der Waals surface area contributed by atoms with Crippen LogP contribution in [0.1, 0.15) is 49.3 Å². The Labute approximate surface area is 230 Å². The zero-order chi connectivity index (χ0) is 27.0. The Morgan fingerprint density at radius 1 is 0.923 bits per heavy atom. The summed E-state index contributed by atoms with van der Waals surface area (Å²) in [5.74, 6) is 3.14. The highest BCUT2D eigenvalue weighted by molar-refractivity contribution is 5.76. The average molecular weight is 525 g/mol. The van der Waals surface area contributed by atoms with Crippen molar-refractivity contribution in [3.8, 4) is 28.5 Å². The Hall–Kier alpha value is -4.10. The third-order valence-electron chi connectivity index (χ3n) is 6.85. The van der Waals surface area contributed by atoms with Gasteiger partial charge in [-0.05, 0) is 48.7 Å². The van der Waals surface area contributed by atoms with Gasteiger partial charge in [0.25, 0.3) is 0 Å². The molecule has 0 radical (unpaired) electrons. The molecular weight excluding hydrogens is 488 g/mol. The molecule has 0 aliphatic carbocycles. The third kappa shape index (κ3) is 6.32. The van der Waals surface area contributed by atoms with Crippen LogP contribution in [0.5, 0.6) is 17.2 Å². The summed E-state index contributed by atoms with van der Waals surface area (Å²) in [7, 11) is 0. The SMILES string of the molecule is CCCCn1c(C=N)nc(-c2ccccc2)c1CN(Cc1cccc(OCC)c1)Cc1ccc2c(c1)OCO2. The number of nitrogens with zero attached hydrogens (tertiary/aromatic N) is 3. The van der Waals surface area contributed by atoms with E-state index in [-0.39, 0.29) is 6.79 Å². The minimum atomic E-state index is 0.260. The molecule has 3 aromatic carbocycles. The monoisotopic (exact) mass is 524 g/mol. The second-order valence-corrected chi connectivity index (χ2v) is 9.69. The molecule has 7 nitrogen and oxygen atoms in total. The van der Waals surface area contributed by atoms with Crippen LogP contribution >= 0.6 is 0 Å². The summed E-state index contributed by atoms with van der Waals surface area (Å²) < 4.78 is 19.2. The minimum Gasteiger partial charge on any atom is -0.494 e. The molecule has 0 amide bonds. The van der Waals surface area contributed by atoms with Crippen molar-refractivity contribution >= 4 is 6.21 Å². The second-order valence-electron chi connectivity index (χ2n) is 9.69. The molecular formula is C32H36N4O3. The predicted octanol–water partition coefficient (Wildman–Crippen LogP) is 6.68. The largest absolute Gasteiger partial charge is 0.494 e. The van der Waals surface area contributed by atoms with Crippen LogP contribution in [0.4, 0.5) is 0 Å². The minimum absolute atomic E-state index is 0.260. The van der Waals surface area contributed by atoms with Gasteiger partial charge in [-0.1, -0.05) is 61.9 Å². The molecule has 0 atom stereocenters. The van der Waals surface area contributed by atoms with Crippen LogP contribution in [0.3, 0.4) is 0 Å². The highest BCUT2D eigenvalue weighted by Crippen LogP contribution is 2.34. The summed E-state index contributed by atoms with van der Waals surface area (Å²) in [6.07, 6.45) is 3.47. The molecule has 7 heteroatoms. The fraction of sp³-hybridized carbons (Fsp3) is 0.312. The van der Waals surface area contributed by atoms with Crippen LogP contribution in [0.25, 0.3) is 11.3 Å². The summed E-state index contributed by atoms with van der Waals surface area (Å²) in [6, 6.07) is 24.8. The molecule has 5 rings (SSSR count). The van der Waals surface area contributed by atoms with Gasteiger partial charge in [0, 0.05) is 31.7 Å². The van der Waals surface area contributed by atoms with Gasteiger partial charge < -0.3 is 24.2 Å². The van der Waals surface area contributed by atoms with E-state index in [9.17, 15) is 0 Å². The molecule has 0 fully saturated rings. The molecule has 2 heterocycles. The molecule has 1 aliphatic heterocycles. The first kappa shape index (κ1) is 26.5. The zero-order valence-corrected chi connectivity index (χ0v) is 22.7. The van der Waals surface area contributed by atoms with E-state index < -0.39 is 0 Å². The number of aromatic nitrogens is 2. The topological polar surface area (TPSA) is 72.6 Å². The van der Waals surface area contributed by atoms with Crippen molar-refractivity contribution in [3.05, 3.63) is 95.4 Å². The van der Waals surface area contributed by atoms with E-state index in [1.165, 1.54) is 11.8 Å². The predicted molar refractivity (Wildman–Crippen MR) is 154 cm³/mol. The van der Waals surface area contributed by atoms with Gasteiger partial charge in [0.1, 0.15) is 5.75 Å². The van der Waals surface area contributed by atoms with Crippen molar-refractivity contribution < 1.29 is 14.2 Å². The van der Waals surface area contributed by atoms with Crippen LogP contribution in [0.15, 0.2) is 72.8 Å². The smallest absolute Gasteiger partial charge is 0.231 e. The first-order chi connectivity index (χ1) is 19.2. The van der Waals surface area contributed by atoms with E-state index in [0.29, 0.717) is 25.5 Å². The Bertz CT molecular complexity index is 1400. The van der Waals surface area contributed by atoms with Gasteiger partial charge >= 0.3 is 0 Å². The number of hydrogen-bond donors (Lipinski definition) is 1. The van der Waals surface area contributed by atoms with Crippen LogP contribution in [0, 0.1) is 5.41 Å². The molecule has 0 spiro atoms. The van der Waals surface area contributed by atoms with Gasteiger partial charge in [0.15, 0.2) is 17.3 Å². The lowest BCUT2D eigenvalue weighted by Crippen LogP contribution is -2.25. The standard InChI is InChI=1S/C32H36N4O3/c1-3-5-16-36-28(32(34-31(36)19-33)26-11-7-6-8-12-26)22-35(20-24-10-9-13-27(17-24)37-4-2)21-25-14-15-29-30(18-25)39-23-38-29/h6-15,17-19,33H,3-5,16,20-23H2,1-2H3. The van der Waals surface area contributed by atoms with Crippen LogP contribution in [-0.4, -0.2) is 34.1 Å². The van der Waals surface area contributed by atoms with E-state index in [1.54, 1.807) is 0 Å². The van der Waals surface area contributed by atoms with Crippen molar-refractivity contribution in [1.82, 2.24) is 14.5 Å². The second kappa shape index (κ2) is 12.6. The molecule has 39 heavy (non-hydrogen) atoms. The van der Waals surface area contributed by atoms with Gasteiger partial charge in [0.05, 0.1) is 24.2 Å². The van der Waals surface area contributed by atoms with Crippen molar-refractivity contribution in [2.45, 2.75) is 52.9 Å². The highest BCUT2D eigenvalue weighted by Gasteiger charge is 2.21. The van der Waals surface area contributed by atoms with Gasteiger partial charge in [-0.3, -0.25) is 4.90 Å². The maximum atomic E-state index is 8.11. The van der Waals surface area contributed by atoms with Crippen LogP contribution in [-0.2, 0) is 26.2 Å².